The molecule has 0 aliphatic carbocycles. The Morgan fingerprint density at radius 2 is 0.621 bits per heavy atom. The number of anilines is 4. The predicted molar refractivity (Wildman–Crippen MR) is 501 cm³/mol. The lowest BCUT2D eigenvalue weighted by Gasteiger charge is -2.38. The van der Waals surface area contributed by atoms with Gasteiger partial charge >= 0.3 is 11.9 Å². The van der Waals surface area contributed by atoms with E-state index < -0.39 is 22.0 Å². The van der Waals surface area contributed by atoms with E-state index in [1.165, 1.54) is 22.3 Å². The van der Waals surface area contributed by atoms with Crippen LogP contribution in [0.3, 0.4) is 0 Å². The summed E-state index contributed by atoms with van der Waals surface area (Å²) in [6, 6.07) is 71.7. The molecular weight excluding hydrogens is 1550 g/mol. The van der Waals surface area contributed by atoms with Crippen molar-refractivity contribution in [1.29, 1.82) is 0 Å². The quantitative estimate of drug-likeness (QED) is 0.0201. The molecule has 0 N–H and O–H groups in total. The van der Waals surface area contributed by atoms with Gasteiger partial charge in [0.15, 0.2) is 23.1 Å². The number of morpholine rings is 2. The number of likely N-dealkylation sites (N-methyl/N-ethyl adjacent to an activating group) is 3. The second kappa shape index (κ2) is 47.5. The van der Waals surface area contributed by atoms with E-state index in [1.807, 2.05) is 145 Å². The fourth-order valence-corrected chi connectivity index (χ4v) is 17.9. The van der Waals surface area contributed by atoms with Crippen molar-refractivity contribution in [3.05, 3.63) is 262 Å². The van der Waals surface area contributed by atoms with Crippen molar-refractivity contribution in [3.63, 3.8) is 0 Å². The zero-order valence-corrected chi connectivity index (χ0v) is 76.4. The smallest absolute Gasteiger partial charge is 0.307 e. The second-order valence-electron chi connectivity index (χ2n) is 34.6. The molecule has 4 unspecified atom stereocenters. The number of nitrogens with zero attached hydrogens (tertiary/aromatic N) is 9. The van der Waals surface area contributed by atoms with Gasteiger partial charge in [0, 0.05) is 142 Å². The summed E-state index contributed by atoms with van der Waals surface area (Å²) in [5.41, 5.74) is 11.3. The molecule has 0 saturated carbocycles. The van der Waals surface area contributed by atoms with E-state index in [1.54, 1.807) is 0 Å². The number of aryl methyl sites for hydroxylation is 1. The van der Waals surface area contributed by atoms with Crippen molar-refractivity contribution < 1.29 is 52.5 Å². The molecule has 8 aromatic carbocycles. The van der Waals surface area contributed by atoms with Crippen molar-refractivity contribution >= 4 is 57.8 Å². The fraction of sp³-hybridized carbons (Fsp3) is 0.481. The Hall–Kier alpha value is -9.74. The Morgan fingerprint density at radius 3 is 0.903 bits per heavy atom. The summed E-state index contributed by atoms with van der Waals surface area (Å²) >= 11 is 0. The molecule has 20 nitrogen and oxygen atoms in total. The number of esters is 2. The number of piperazine rings is 2. The lowest BCUT2D eigenvalue weighted by Crippen LogP contribution is -2.52. The predicted octanol–water partition coefficient (Wildman–Crippen LogP) is 15.8. The Bertz CT molecular complexity index is 4410. The highest BCUT2D eigenvalue weighted by Crippen LogP contribution is 2.40. The summed E-state index contributed by atoms with van der Waals surface area (Å²) in [5.74, 6) is 0.414. The van der Waals surface area contributed by atoms with Crippen molar-refractivity contribution in [1.82, 2.24) is 24.5 Å². The maximum atomic E-state index is 14.0. The molecule has 0 bridgehead atoms. The number of Topliss-reactive ketones (excluding diaryl/α,β-unsaturated/α-hetero) is 4. The molecule has 0 aromatic heterocycles. The maximum Gasteiger partial charge on any atom is 0.307 e. The van der Waals surface area contributed by atoms with Gasteiger partial charge in [0.1, 0.15) is 13.2 Å². The lowest BCUT2D eigenvalue weighted by atomic mass is 9.66. The van der Waals surface area contributed by atoms with Crippen LogP contribution < -0.4 is 19.6 Å². The minimum atomic E-state index is -0.622. The highest BCUT2D eigenvalue weighted by atomic mass is 16.6. The first kappa shape index (κ1) is 96.5. The molecule has 8 aromatic rings. The molecule has 4 heterocycles. The van der Waals surface area contributed by atoms with E-state index in [0.717, 1.165) is 181 Å². The highest BCUT2D eigenvalue weighted by molar-refractivity contribution is 6.05. The summed E-state index contributed by atoms with van der Waals surface area (Å²) < 4.78 is 27.2. The Kier molecular flexibility index (Phi) is 37.0. The number of ether oxygens (including phenoxy) is 5. The monoisotopic (exact) mass is 1690 g/mol. The molecule has 666 valence electrons. The summed E-state index contributed by atoms with van der Waals surface area (Å²) in [7, 11) is 12.0. The van der Waals surface area contributed by atoms with Crippen molar-refractivity contribution in [2.75, 3.05) is 206 Å². The SMILES string of the molecule is CCC(Cc1ccc(C)cc1)(C(=O)c1ccc(N2CCOCC2)cc1)N(C)C.CCC(Cc1ccccc1)(C(=O)c1ccc(N2CCN(CCC(=O)OCCOCCOC(=O)CCN3CCN(c4ccc(C(=O)C(CC)(Cc5ccccc5)N(C)C)cc4)CC3)CC2)cc1)C(C)C.CCC(Cc1ccccc1)(C(=O)c1ccc(N2CCOCC2)cc1)N(C)C. The van der Waals surface area contributed by atoms with Gasteiger partial charge in [0.2, 0.25) is 0 Å². The van der Waals surface area contributed by atoms with Gasteiger partial charge in [-0.15, -0.1) is 0 Å². The van der Waals surface area contributed by atoms with E-state index in [9.17, 15) is 28.8 Å². The van der Waals surface area contributed by atoms with Crippen LogP contribution in [0, 0.1) is 18.3 Å². The Labute approximate surface area is 740 Å². The van der Waals surface area contributed by atoms with Gasteiger partial charge in [0.05, 0.1) is 69.1 Å². The molecule has 4 saturated heterocycles. The Morgan fingerprint density at radius 1 is 0.339 bits per heavy atom. The van der Waals surface area contributed by atoms with Gasteiger partial charge in [0.25, 0.3) is 0 Å². The van der Waals surface area contributed by atoms with Gasteiger partial charge < -0.3 is 43.3 Å². The number of benzene rings is 8. The van der Waals surface area contributed by atoms with Crippen molar-refractivity contribution in [2.45, 2.75) is 129 Å². The van der Waals surface area contributed by atoms with E-state index in [-0.39, 0.29) is 67.4 Å². The van der Waals surface area contributed by atoms with E-state index in [4.69, 9.17) is 23.7 Å². The third-order valence-corrected chi connectivity index (χ3v) is 26.4. The van der Waals surface area contributed by atoms with Gasteiger partial charge in [-0.25, -0.2) is 0 Å². The first-order chi connectivity index (χ1) is 59.9. The van der Waals surface area contributed by atoms with Crippen LogP contribution in [0.5, 0.6) is 0 Å². The van der Waals surface area contributed by atoms with Crippen molar-refractivity contribution in [3.8, 4) is 0 Å². The number of hydrogen-bond donors (Lipinski definition) is 0. The molecule has 4 fully saturated rings. The van der Waals surface area contributed by atoms with Crippen LogP contribution in [-0.4, -0.2) is 263 Å². The average molecular weight is 1690 g/mol. The molecule has 4 atom stereocenters. The van der Waals surface area contributed by atoms with E-state index >= 15 is 0 Å². The highest BCUT2D eigenvalue weighted by Gasteiger charge is 2.44. The van der Waals surface area contributed by atoms with Crippen LogP contribution in [-0.2, 0) is 59.0 Å². The number of ketones is 4. The van der Waals surface area contributed by atoms with Gasteiger partial charge in [-0.3, -0.25) is 53.3 Å². The number of carbonyl (C=O) groups excluding carboxylic acids is 6. The summed E-state index contributed by atoms with van der Waals surface area (Å²) in [4.78, 5) is 100. The molecule has 0 amide bonds. The summed E-state index contributed by atoms with van der Waals surface area (Å²) in [6.07, 6.45) is 6.43. The minimum Gasteiger partial charge on any atom is -0.463 e. The van der Waals surface area contributed by atoms with E-state index in [0.29, 0.717) is 51.6 Å². The lowest BCUT2D eigenvalue weighted by molar-refractivity contribution is -0.147. The van der Waals surface area contributed by atoms with Crippen LogP contribution in [0.15, 0.2) is 212 Å². The molecule has 12 rings (SSSR count). The molecule has 124 heavy (non-hydrogen) atoms. The standard InChI is InChI=1S/C57H77N5O7.C24H32N2O2.C23H30N2O2/c1-7-56(45(3)4,43-46-15-11-9-12-16-46)54(65)48-19-23-50(24-20-48)61-35-31-59(32-36-61)29-27-52(63)68-41-39-67-40-42-69-53(64)28-30-60-33-37-62(38-34-60)51-25-21-49(22-26-51)55(66)57(8-2,58(5)6)44-47-17-13-10-14-18-47;1-5-24(25(3)4,18-20-8-6-19(2)7-9-20)23(27)21-10-12-22(13-11-21)26-14-16-28-17-15-26;1-4-23(24(2)3,18-19-8-6-5-7-9-19)22(26)20-10-12-21(13-11-20)25-14-16-27-17-15-25/h9-26,45H,7-8,27-44H2,1-6H3;6-13H,5,14-18H2,1-4H3;5-13H,4,14-18H2,1-3H3. The zero-order valence-electron chi connectivity index (χ0n) is 76.4. The Balaban J connectivity index is 0.000000237. The summed E-state index contributed by atoms with van der Waals surface area (Å²) in [6.45, 7) is 30.2. The first-order valence-corrected chi connectivity index (χ1v) is 45.2. The third-order valence-electron chi connectivity index (χ3n) is 26.4. The van der Waals surface area contributed by atoms with Crippen LogP contribution in [0.25, 0.3) is 0 Å². The molecule has 20 heteroatoms. The van der Waals surface area contributed by atoms with Crippen molar-refractivity contribution in [2.24, 2.45) is 11.3 Å². The van der Waals surface area contributed by atoms with Gasteiger partial charge in [-0.2, -0.15) is 0 Å². The number of hydrogen-bond acceptors (Lipinski definition) is 20. The van der Waals surface area contributed by atoms with Gasteiger partial charge in [-0.05, 0) is 226 Å². The maximum absolute atomic E-state index is 14.0. The molecule has 0 spiro atoms. The summed E-state index contributed by atoms with van der Waals surface area (Å²) in [5, 5.41) is 0. The van der Waals surface area contributed by atoms with Crippen LogP contribution in [0.2, 0.25) is 0 Å². The molecule has 0 radical (unpaired) electrons. The van der Waals surface area contributed by atoms with Gasteiger partial charge in [-0.1, -0.05) is 162 Å². The topological polar surface area (TPSA) is 178 Å². The third kappa shape index (κ3) is 25.8. The number of rotatable bonds is 40. The molecular formula is C104H139N9O11. The fourth-order valence-electron chi connectivity index (χ4n) is 17.9. The minimum absolute atomic E-state index is 0.138. The first-order valence-electron chi connectivity index (χ1n) is 45.2. The van der Waals surface area contributed by atoms with Crippen LogP contribution in [0.1, 0.15) is 149 Å². The largest absolute Gasteiger partial charge is 0.463 e. The molecule has 4 aliphatic rings. The van der Waals surface area contributed by atoms with E-state index in [2.05, 4.69) is 202 Å². The zero-order chi connectivity index (χ0) is 88.7. The molecule has 4 aliphatic heterocycles. The second-order valence-corrected chi connectivity index (χ2v) is 34.6. The van der Waals surface area contributed by atoms with Crippen LogP contribution in [0.4, 0.5) is 22.7 Å². The van der Waals surface area contributed by atoms with Crippen LogP contribution >= 0.6 is 0 Å². The normalized spacial score (nSPS) is 16.7. The average Bonchev–Trinajstić information content (AvgIpc) is 0.798. The number of carbonyl (C=O) groups is 6.